The van der Waals surface area contributed by atoms with Gasteiger partial charge < -0.3 is 10.4 Å². The number of thioether (sulfide) groups is 1. The summed E-state index contributed by atoms with van der Waals surface area (Å²) in [5.41, 5.74) is -0.249. The third-order valence-corrected chi connectivity index (χ3v) is 2.85. The molecule has 1 rings (SSSR count). The van der Waals surface area contributed by atoms with Crippen molar-refractivity contribution in [2.75, 3.05) is 5.75 Å². The highest BCUT2D eigenvalue weighted by atomic mass is 32.2. The summed E-state index contributed by atoms with van der Waals surface area (Å²) in [6.45, 7) is 1.21. The van der Waals surface area contributed by atoms with Crippen LogP contribution in [0.3, 0.4) is 0 Å². The summed E-state index contributed by atoms with van der Waals surface area (Å²) in [5.74, 6) is -1.62. The molecule has 1 atom stereocenters. The Balaban J connectivity index is 2.61. The van der Waals surface area contributed by atoms with Crippen molar-refractivity contribution in [2.24, 2.45) is 0 Å². The van der Waals surface area contributed by atoms with E-state index in [0.717, 1.165) is 24.2 Å². The molecule has 0 radical (unpaired) electrons. The molecule has 102 valence electrons. The van der Waals surface area contributed by atoms with Crippen molar-refractivity contribution < 1.29 is 19.6 Å². The van der Waals surface area contributed by atoms with E-state index in [1.54, 1.807) is 0 Å². The number of nitro groups is 1. The van der Waals surface area contributed by atoms with Crippen LogP contribution in [0.1, 0.15) is 6.92 Å². The van der Waals surface area contributed by atoms with Crippen LogP contribution in [0.4, 0.5) is 5.69 Å². The molecule has 10 heteroatoms. The molecule has 0 fully saturated rings. The number of nitrogens with zero attached hydrogens (tertiary/aromatic N) is 3. The van der Waals surface area contributed by atoms with Crippen LogP contribution in [0, 0.1) is 10.1 Å². The number of aromatic nitrogens is 2. The number of amides is 1. The van der Waals surface area contributed by atoms with E-state index in [-0.39, 0.29) is 16.6 Å². The first-order valence-electron chi connectivity index (χ1n) is 4.99. The lowest BCUT2D eigenvalue weighted by atomic mass is 10.3. The van der Waals surface area contributed by atoms with E-state index in [0.29, 0.717) is 0 Å². The summed E-state index contributed by atoms with van der Waals surface area (Å²) in [7, 11) is 0. The number of rotatable bonds is 6. The van der Waals surface area contributed by atoms with E-state index in [4.69, 9.17) is 5.11 Å². The molecular weight excluding hydrogens is 276 g/mol. The minimum Gasteiger partial charge on any atom is -0.480 e. The molecule has 0 aliphatic heterocycles. The third kappa shape index (κ3) is 4.87. The summed E-state index contributed by atoms with van der Waals surface area (Å²) in [5, 5.41) is 21.7. The minimum absolute atomic E-state index is 0.0206. The van der Waals surface area contributed by atoms with Gasteiger partial charge >= 0.3 is 11.7 Å². The highest BCUT2D eigenvalue weighted by Crippen LogP contribution is 2.16. The topological polar surface area (TPSA) is 135 Å². The summed E-state index contributed by atoms with van der Waals surface area (Å²) < 4.78 is 0. The second-order valence-electron chi connectivity index (χ2n) is 3.38. The van der Waals surface area contributed by atoms with Crippen LogP contribution in [0.5, 0.6) is 0 Å². The van der Waals surface area contributed by atoms with Crippen LogP contribution >= 0.6 is 11.8 Å². The number of nitrogens with one attached hydrogen (secondary N) is 1. The van der Waals surface area contributed by atoms with E-state index in [9.17, 15) is 19.7 Å². The van der Waals surface area contributed by atoms with Gasteiger partial charge in [0.2, 0.25) is 5.91 Å². The van der Waals surface area contributed by atoms with Crippen molar-refractivity contribution >= 4 is 29.3 Å². The fourth-order valence-electron chi connectivity index (χ4n) is 1.06. The first-order valence-corrected chi connectivity index (χ1v) is 5.98. The van der Waals surface area contributed by atoms with Crippen LogP contribution < -0.4 is 5.32 Å². The fraction of sp³-hybridized carbons (Fsp3) is 0.333. The van der Waals surface area contributed by atoms with Gasteiger partial charge in [-0.25, -0.2) is 14.8 Å². The number of carboxylic acids is 1. The standard InChI is InChI=1S/C9H10N4O5S/c1-5(14)12-7(8(15)16)4-19-9-10-2-6(3-11-9)13(17)18/h2-3,7H,4H2,1H3,(H,12,14)(H,15,16)/t7-/m0/s1. The molecule has 0 spiro atoms. The zero-order valence-corrected chi connectivity index (χ0v) is 10.6. The van der Waals surface area contributed by atoms with E-state index >= 15 is 0 Å². The van der Waals surface area contributed by atoms with Gasteiger partial charge in [0.1, 0.15) is 18.4 Å². The Bertz CT molecular complexity index is 492. The second-order valence-corrected chi connectivity index (χ2v) is 4.37. The van der Waals surface area contributed by atoms with Crippen molar-refractivity contribution in [3.05, 3.63) is 22.5 Å². The van der Waals surface area contributed by atoms with Crippen molar-refractivity contribution in [1.82, 2.24) is 15.3 Å². The number of aliphatic carboxylic acids is 1. The molecule has 0 unspecified atom stereocenters. The molecule has 1 heterocycles. The van der Waals surface area contributed by atoms with Crippen LogP contribution in [0.15, 0.2) is 17.6 Å². The molecular formula is C9H10N4O5S. The molecule has 1 amide bonds. The Labute approximate surface area is 111 Å². The van der Waals surface area contributed by atoms with Gasteiger partial charge in [-0.15, -0.1) is 0 Å². The van der Waals surface area contributed by atoms with E-state index < -0.39 is 22.8 Å². The molecule has 0 saturated heterocycles. The summed E-state index contributed by atoms with van der Waals surface area (Å²) in [4.78, 5) is 38.8. The lowest BCUT2D eigenvalue weighted by Gasteiger charge is -2.11. The van der Waals surface area contributed by atoms with E-state index in [1.165, 1.54) is 6.92 Å². The second kappa shape index (κ2) is 6.64. The molecule has 0 saturated carbocycles. The maximum absolute atomic E-state index is 10.8. The highest BCUT2D eigenvalue weighted by molar-refractivity contribution is 7.99. The number of hydrogen-bond acceptors (Lipinski definition) is 7. The van der Waals surface area contributed by atoms with Gasteiger partial charge in [0.05, 0.1) is 4.92 Å². The zero-order chi connectivity index (χ0) is 14.4. The lowest BCUT2D eigenvalue weighted by molar-refractivity contribution is -0.385. The number of carboxylic acid groups (broad SMARTS) is 1. The molecule has 0 aromatic carbocycles. The van der Waals surface area contributed by atoms with Crippen molar-refractivity contribution in [3.63, 3.8) is 0 Å². The molecule has 19 heavy (non-hydrogen) atoms. The quantitative estimate of drug-likeness (QED) is 0.324. The van der Waals surface area contributed by atoms with Crippen LogP contribution in [-0.4, -0.2) is 43.7 Å². The van der Waals surface area contributed by atoms with Gasteiger partial charge in [0.15, 0.2) is 5.16 Å². The van der Waals surface area contributed by atoms with Gasteiger partial charge in [-0.1, -0.05) is 11.8 Å². The van der Waals surface area contributed by atoms with E-state index in [2.05, 4.69) is 15.3 Å². The summed E-state index contributed by atoms with van der Waals surface area (Å²) >= 11 is 0.979. The maximum atomic E-state index is 10.8. The van der Waals surface area contributed by atoms with Crippen molar-refractivity contribution in [2.45, 2.75) is 18.1 Å². The third-order valence-electron chi connectivity index (χ3n) is 1.88. The Morgan fingerprint density at radius 2 is 2.11 bits per heavy atom. The Morgan fingerprint density at radius 3 is 2.53 bits per heavy atom. The van der Waals surface area contributed by atoms with Crippen molar-refractivity contribution in [1.29, 1.82) is 0 Å². The van der Waals surface area contributed by atoms with Gasteiger partial charge in [-0.05, 0) is 0 Å². The Hall–Kier alpha value is -2.23. The summed E-state index contributed by atoms with van der Waals surface area (Å²) in [6.07, 6.45) is 2.06. The average molecular weight is 286 g/mol. The molecule has 0 bridgehead atoms. The fourth-order valence-corrected chi connectivity index (χ4v) is 1.85. The van der Waals surface area contributed by atoms with Gasteiger partial charge in [-0.2, -0.15) is 0 Å². The zero-order valence-electron chi connectivity index (χ0n) is 9.77. The highest BCUT2D eigenvalue weighted by Gasteiger charge is 2.19. The normalized spacial score (nSPS) is 11.6. The maximum Gasteiger partial charge on any atom is 0.327 e. The average Bonchev–Trinajstić information content (AvgIpc) is 2.34. The van der Waals surface area contributed by atoms with Crippen molar-refractivity contribution in [3.8, 4) is 0 Å². The van der Waals surface area contributed by atoms with Gasteiger partial charge in [0, 0.05) is 12.7 Å². The molecule has 0 aliphatic carbocycles. The predicted octanol–water partition coefficient (Wildman–Crippen LogP) is 0.0662. The number of carbonyl (C=O) groups excluding carboxylic acids is 1. The predicted molar refractivity (Wildman–Crippen MR) is 64.7 cm³/mol. The molecule has 2 N–H and O–H groups in total. The summed E-state index contributed by atoms with van der Waals surface area (Å²) in [6, 6.07) is -1.07. The Morgan fingerprint density at radius 1 is 1.53 bits per heavy atom. The van der Waals surface area contributed by atoms with E-state index in [1.807, 2.05) is 0 Å². The van der Waals surface area contributed by atoms with Crippen LogP contribution in [-0.2, 0) is 9.59 Å². The first kappa shape index (κ1) is 14.8. The molecule has 1 aromatic rings. The minimum atomic E-state index is -1.18. The SMILES string of the molecule is CC(=O)N[C@@H](CSc1ncc([N+](=O)[O-])cn1)C(=O)O. The molecule has 9 nitrogen and oxygen atoms in total. The number of hydrogen-bond donors (Lipinski definition) is 2. The van der Waals surface area contributed by atoms with Crippen LogP contribution in [0.2, 0.25) is 0 Å². The van der Waals surface area contributed by atoms with Gasteiger partial charge in [-0.3, -0.25) is 14.9 Å². The van der Waals surface area contributed by atoms with Crippen LogP contribution in [0.25, 0.3) is 0 Å². The smallest absolute Gasteiger partial charge is 0.327 e. The molecule has 1 aromatic heterocycles. The first-order chi connectivity index (χ1) is 8.90. The largest absolute Gasteiger partial charge is 0.480 e. The monoisotopic (exact) mass is 286 g/mol. The van der Waals surface area contributed by atoms with Gasteiger partial charge in [0.25, 0.3) is 0 Å². The molecule has 0 aliphatic rings. The lowest BCUT2D eigenvalue weighted by Crippen LogP contribution is -2.41. The Kier molecular flexibility index (Phi) is 5.18. The number of carbonyl (C=O) groups is 2.